The molecule has 0 unspecified atom stereocenters. The van der Waals surface area contributed by atoms with Gasteiger partial charge >= 0.3 is 0 Å². The van der Waals surface area contributed by atoms with Crippen LogP contribution in [0.1, 0.15) is 22.3 Å². The number of nitro benzene ring substituents is 1. The van der Waals surface area contributed by atoms with Crippen molar-refractivity contribution in [1.82, 2.24) is 5.32 Å². The fraction of sp³-hybridized carbons (Fsp3) is 0.250. The molecule has 0 spiro atoms. The van der Waals surface area contributed by atoms with Gasteiger partial charge in [-0.1, -0.05) is 36.4 Å². The largest absolute Gasteiger partial charge is 0.309 e. The molecule has 0 saturated heterocycles. The Labute approximate surface area is 118 Å². The van der Waals surface area contributed by atoms with E-state index in [1.807, 2.05) is 18.2 Å². The molecule has 0 heterocycles. The number of hydrogen-bond acceptors (Lipinski definition) is 3. The lowest BCUT2D eigenvalue weighted by Crippen LogP contribution is -2.14. The SMILES string of the molecule is Cc1ccccc1CNCc1cccc([N+](=O)[O-])c1C. The Morgan fingerprint density at radius 1 is 1.00 bits per heavy atom. The van der Waals surface area contributed by atoms with Crippen molar-refractivity contribution in [2.24, 2.45) is 0 Å². The summed E-state index contributed by atoms with van der Waals surface area (Å²) in [6, 6.07) is 13.4. The van der Waals surface area contributed by atoms with Crippen LogP contribution in [0.2, 0.25) is 0 Å². The fourth-order valence-electron chi connectivity index (χ4n) is 2.20. The molecule has 0 aromatic heterocycles. The predicted molar refractivity (Wildman–Crippen MR) is 79.6 cm³/mol. The Kier molecular flexibility index (Phi) is 4.48. The average Bonchev–Trinajstić information content (AvgIpc) is 2.42. The van der Waals surface area contributed by atoms with Gasteiger partial charge in [-0.3, -0.25) is 10.1 Å². The summed E-state index contributed by atoms with van der Waals surface area (Å²) < 4.78 is 0. The number of hydrogen-bond donors (Lipinski definition) is 1. The van der Waals surface area contributed by atoms with E-state index in [0.29, 0.717) is 6.54 Å². The summed E-state index contributed by atoms with van der Waals surface area (Å²) in [5.74, 6) is 0. The maximum absolute atomic E-state index is 10.9. The van der Waals surface area contributed by atoms with Crippen molar-refractivity contribution in [2.45, 2.75) is 26.9 Å². The van der Waals surface area contributed by atoms with Gasteiger partial charge in [-0.25, -0.2) is 0 Å². The zero-order valence-electron chi connectivity index (χ0n) is 11.7. The van der Waals surface area contributed by atoms with Gasteiger partial charge in [0.25, 0.3) is 5.69 Å². The summed E-state index contributed by atoms with van der Waals surface area (Å²) in [4.78, 5) is 10.6. The van der Waals surface area contributed by atoms with Crippen molar-refractivity contribution in [3.63, 3.8) is 0 Å². The van der Waals surface area contributed by atoms with E-state index < -0.39 is 0 Å². The Hall–Kier alpha value is -2.20. The minimum absolute atomic E-state index is 0.181. The van der Waals surface area contributed by atoms with Gasteiger partial charge in [0.05, 0.1) is 4.92 Å². The number of nitrogens with one attached hydrogen (secondary N) is 1. The molecule has 4 heteroatoms. The van der Waals surface area contributed by atoms with Crippen LogP contribution in [0.3, 0.4) is 0 Å². The van der Waals surface area contributed by atoms with Crippen molar-refractivity contribution in [3.8, 4) is 0 Å². The van der Waals surface area contributed by atoms with Crippen molar-refractivity contribution < 1.29 is 4.92 Å². The first-order valence-electron chi connectivity index (χ1n) is 6.57. The van der Waals surface area contributed by atoms with Gasteiger partial charge < -0.3 is 5.32 Å². The van der Waals surface area contributed by atoms with E-state index in [0.717, 1.165) is 17.7 Å². The van der Waals surface area contributed by atoms with Gasteiger partial charge in [-0.05, 0) is 30.5 Å². The lowest BCUT2D eigenvalue weighted by atomic mass is 10.1. The molecule has 2 aromatic carbocycles. The molecule has 0 amide bonds. The van der Waals surface area contributed by atoms with Gasteiger partial charge in [-0.15, -0.1) is 0 Å². The number of aryl methyl sites for hydroxylation is 1. The molecule has 0 aliphatic heterocycles. The second-order valence-electron chi connectivity index (χ2n) is 4.85. The third-order valence-electron chi connectivity index (χ3n) is 3.51. The minimum Gasteiger partial charge on any atom is -0.309 e. The van der Waals surface area contributed by atoms with E-state index in [-0.39, 0.29) is 10.6 Å². The molecule has 0 aliphatic carbocycles. The predicted octanol–water partition coefficient (Wildman–Crippen LogP) is 3.50. The van der Waals surface area contributed by atoms with Crippen molar-refractivity contribution in [1.29, 1.82) is 0 Å². The van der Waals surface area contributed by atoms with E-state index in [1.54, 1.807) is 19.1 Å². The van der Waals surface area contributed by atoms with Crippen molar-refractivity contribution in [2.75, 3.05) is 0 Å². The topological polar surface area (TPSA) is 55.2 Å². The van der Waals surface area contributed by atoms with Gasteiger partial charge in [0.15, 0.2) is 0 Å². The molecule has 104 valence electrons. The zero-order valence-corrected chi connectivity index (χ0v) is 11.7. The van der Waals surface area contributed by atoms with Crippen LogP contribution in [0.5, 0.6) is 0 Å². The Bertz CT molecular complexity index is 624. The lowest BCUT2D eigenvalue weighted by Gasteiger charge is -2.09. The highest BCUT2D eigenvalue weighted by Gasteiger charge is 2.12. The molecule has 4 nitrogen and oxygen atoms in total. The van der Waals surface area contributed by atoms with Crippen molar-refractivity contribution in [3.05, 3.63) is 74.8 Å². The van der Waals surface area contributed by atoms with Crippen LogP contribution in [-0.4, -0.2) is 4.92 Å². The third kappa shape index (κ3) is 3.22. The summed E-state index contributed by atoms with van der Waals surface area (Å²) in [6.45, 7) is 5.26. The Morgan fingerprint density at radius 2 is 1.65 bits per heavy atom. The summed E-state index contributed by atoms with van der Waals surface area (Å²) in [7, 11) is 0. The molecular weight excluding hydrogens is 252 g/mol. The van der Waals surface area contributed by atoms with Crippen LogP contribution in [0.4, 0.5) is 5.69 Å². The normalized spacial score (nSPS) is 10.5. The van der Waals surface area contributed by atoms with Crippen LogP contribution in [0.25, 0.3) is 0 Å². The number of nitro groups is 1. The highest BCUT2D eigenvalue weighted by Crippen LogP contribution is 2.21. The molecule has 0 aliphatic rings. The smallest absolute Gasteiger partial charge is 0.272 e. The number of benzene rings is 2. The molecule has 20 heavy (non-hydrogen) atoms. The van der Waals surface area contributed by atoms with E-state index in [9.17, 15) is 10.1 Å². The third-order valence-corrected chi connectivity index (χ3v) is 3.51. The van der Waals surface area contributed by atoms with E-state index in [2.05, 4.69) is 24.4 Å². The maximum Gasteiger partial charge on any atom is 0.272 e. The molecule has 0 fully saturated rings. The standard InChI is InChI=1S/C16H18N2O2/c1-12-6-3-4-7-14(12)10-17-11-15-8-5-9-16(13(15)2)18(19)20/h3-9,17H,10-11H2,1-2H3. The van der Waals surface area contributed by atoms with Crippen LogP contribution >= 0.6 is 0 Å². The van der Waals surface area contributed by atoms with Gasteiger partial charge in [-0.2, -0.15) is 0 Å². The highest BCUT2D eigenvalue weighted by atomic mass is 16.6. The molecule has 0 saturated carbocycles. The molecule has 0 atom stereocenters. The van der Waals surface area contributed by atoms with E-state index in [1.165, 1.54) is 11.1 Å². The Morgan fingerprint density at radius 3 is 2.35 bits per heavy atom. The lowest BCUT2D eigenvalue weighted by molar-refractivity contribution is -0.385. The first-order chi connectivity index (χ1) is 9.59. The van der Waals surface area contributed by atoms with E-state index in [4.69, 9.17) is 0 Å². The highest BCUT2D eigenvalue weighted by molar-refractivity contribution is 5.44. The number of rotatable bonds is 5. The molecule has 0 radical (unpaired) electrons. The monoisotopic (exact) mass is 270 g/mol. The maximum atomic E-state index is 10.9. The quantitative estimate of drug-likeness (QED) is 0.668. The summed E-state index contributed by atoms with van der Waals surface area (Å²) in [5.41, 5.74) is 4.37. The molecular formula is C16H18N2O2. The Balaban J connectivity index is 2.03. The van der Waals surface area contributed by atoms with Gasteiger partial charge in [0, 0.05) is 24.7 Å². The van der Waals surface area contributed by atoms with Crippen LogP contribution < -0.4 is 5.32 Å². The van der Waals surface area contributed by atoms with Crippen LogP contribution in [0.15, 0.2) is 42.5 Å². The van der Waals surface area contributed by atoms with Gasteiger partial charge in [0.2, 0.25) is 0 Å². The minimum atomic E-state index is -0.333. The average molecular weight is 270 g/mol. The molecule has 2 rings (SSSR count). The summed E-state index contributed by atoms with van der Waals surface area (Å²) in [6.07, 6.45) is 0. The summed E-state index contributed by atoms with van der Waals surface area (Å²) in [5, 5.41) is 14.2. The van der Waals surface area contributed by atoms with Crippen LogP contribution in [0, 0.1) is 24.0 Å². The van der Waals surface area contributed by atoms with Crippen molar-refractivity contribution >= 4 is 5.69 Å². The summed E-state index contributed by atoms with van der Waals surface area (Å²) >= 11 is 0. The van der Waals surface area contributed by atoms with Gasteiger partial charge in [0.1, 0.15) is 0 Å². The second kappa shape index (κ2) is 6.30. The fourth-order valence-corrected chi connectivity index (χ4v) is 2.20. The van der Waals surface area contributed by atoms with Crippen LogP contribution in [-0.2, 0) is 13.1 Å². The first kappa shape index (κ1) is 14.2. The molecule has 2 aromatic rings. The second-order valence-corrected chi connectivity index (χ2v) is 4.85. The first-order valence-corrected chi connectivity index (χ1v) is 6.57. The zero-order chi connectivity index (χ0) is 14.5. The molecule has 0 bridgehead atoms. The number of nitrogens with zero attached hydrogens (tertiary/aromatic N) is 1. The molecule has 1 N–H and O–H groups in total. The van der Waals surface area contributed by atoms with E-state index >= 15 is 0 Å².